The maximum absolute atomic E-state index is 13.7. The minimum absolute atomic E-state index is 0.0251. The maximum atomic E-state index is 13.7. The molecule has 0 spiro atoms. The number of benzene rings is 1. The van der Waals surface area contributed by atoms with Gasteiger partial charge in [0, 0.05) is 44.7 Å². The molecule has 2 aliphatic rings. The van der Waals surface area contributed by atoms with Gasteiger partial charge < -0.3 is 20.0 Å². The summed E-state index contributed by atoms with van der Waals surface area (Å²) < 4.78 is 13.7. The van der Waals surface area contributed by atoms with Crippen LogP contribution in [0.5, 0.6) is 0 Å². The number of halogens is 2. The van der Waals surface area contributed by atoms with Gasteiger partial charge in [-0.15, -0.1) is 0 Å². The summed E-state index contributed by atoms with van der Waals surface area (Å²) in [5, 5.41) is 19.6. The van der Waals surface area contributed by atoms with Crippen LogP contribution in [-0.4, -0.2) is 69.8 Å². The van der Waals surface area contributed by atoms with Crippen LogP contribution in [0.3, 0.4) is 0 Å². The summed E-state index contributed by atoms with van der Waals surface area (Å²) in [5.74, 6) is 0.0662. The zero-order valence-electron chi connectivity index (χ0n) is 18.1. The van der Waals surface area contributed by atoms with E-state index < -0.39 is 18.0 Å². The molecule has 1 aromatic heterocycles. The first-order chi connectivity index (χ1) is 15.8. The highest BCUT2D eigenvalue weighted by atomic mass is 35.5. The third-order valence-electron chi connectivity index (χ3n) is 6.21. The smallest absolute Gasteiger partial charge is 0.411 e. The molecule has 2 heterocycles. The lowest BCUT2D eigenvalue weighted by Gasteiger charge is -2.36. The molecule has 1 saturated heterocycles. The number of aliphatic hydroxyl groups excluding tert-OH is 1. The molecule has 0 unspecified atom stereocenters. The summed E-state index contributed by atoms with van der Waals surface area (Å²) in [7, 11) is 0. The van der Waals surface area contributed by atoms with Crippen molar-refractivity contribution in [2.24, 2.45) is 0 Å². The zero-order chi connectivity index (χ0) is 23.7. The number of nitrogens with zero attached hydrogens (tertiary/aromatic N) is 5. The van der Waals surface area contributed by atoms with Gasteiger partial charge in [0.25, 0.3) is 0 Å². The largest absolute Gasteiger partial charge is 0.465 e. The summed E-state index contributed by atoms with van der Waals surface area (Å²) in [6.45, 7) is 4.03. The Morgan fingerprint density at radius 1 is 1.24 bits per heavy atom. The van der Waals surface area contributed by atoms with Crippen LogP contribution in [0.4, 0.5) is 20.7 Å². The molecule has 176 valence electrons. The van der Waals surface area contributed by atoms with Gasteiger partial charge in [0.1, 0.15) is 18.0 Å². The van der Waals surface area contributed by atoms with Gasteiger partial charge in [-0.1, -0.05) is 18.5 Å². The van der Waals surface area contributed by atoms with Gasteiger partial charge in [-0.25, -0.2) is 19.2 Å². The highest BCUT2D eigenvalue weighted by Crippen LogP contribution is 2.42. The Balaban J connectivity index is 1.36. The van der Waals surface area contributed by atoms with Crippen molar-refractivity contribution in [3.63, 3.8) is 0 Å². The molecule has 1 aliphatic carbocycles. The Hall–Kier alpha value is -2.98. The van der Waals surface area contributed by atoms with Gasteiger partial charge in [0.05, 0.1) is 22.5 Å². The molecule has 2 N–H and O–H groups in total. The molecular weight excluding hydrogens is 453 g/mol. The average Bonchev–Trinajstić information content (AvgIpc) is 3.09. The van der Waals surface area contributed by atoms with E-state index in [9.17, 15) is 24.2 Å². The van der Waals surface area contributed by atoms with Crippen LogP contribution in [0.1, 0.15) is 43.0 Å². The number of carboxylic acid groups (broad SMARTS) is 1. The molecule has 0 bridgehead atoms. The fourth-order valence-corrected chi connectivity index (χ4v) is 4.59. The fourth-order valence-electron chi connectivity index (χ4n) is 4.48. The van der Waals surface area contributed by atoms with Crippen LogP contribution in [0.15, 0.2) is 24.5 Å². The van der Waals surface area contributed by atoms with Gasteiger partial charge in [-0.3, -0.25) is 9.69 Å². The van der Waals surface area contributed by atoms with E-state index in [2.05, 4.69) is 14.9 Å². The molecule has 2 aromatic rings. The van der Waals surface area contributed by atoms with Gasteiger partial charge in [-0.05, 0) is 30.5 Å². The van der Waals surface area contributed by atoms with Crippen molar-refractivity contribution in [2.75, 3.05) is 42.5 Å². The summed E-state index contributed by atoms with van der Waals surface area (Å²) in [6, 6.07) is 3.73. The van der Waals surface area contributed by atoms with Crippen LogP contribution < -0.4 is 9.80 Å². The lowest BCUT2D eigenvalue weighted by atomic mass is 10.1. The molecule has 11 heteroatoms. The molecule has 9 nitrogen and oxygen atoms in total. The second kappa shape index (κ2) is 9.48. The van der Waals surface area contributed by atoms with E-state index in [0.29, 0.717) is 38.3 Å². The Kier molecular flexibility index (Phi) is 6.66. The topological polar surface area (TPSA) is 110 Å². The Bertz CT molecular complexity index is 1060. The molecule has 2 atom stereocenters. The average molecular weight is 478 g/mol. The Labute approximate surface area is 195 Å². The van der Waals surface area contributed by atoms with E-state index in [1.165, 1.54) is 18.5 Å². The normalized spacial score (nSPS) is 20.0. The van der Waals surface area contributed by atoms with Crippen molar-refractivity contribution in [3.05, 3.63) is 46.6 Å². The third kappa shape index (κ3) is 4.72. The van der Waals surface area contributed by atoms with Crippen LogP contribution in [0, 0.1) is 5.82 Å². The number of rotatable bonds is 5. The van der Waals surface area contributed by atoms with E-state index in [-0.39, 0.29) is 35.5 Å². The van der Waals surface area contributed by atoms with E-state index in [4.69, 9.17) is 11.6 Å². The number of aliphatic hydroxyl groups is 1. The lowest BCUT2D eigenvalue weighted by molar-refractivity contribution is -0.131. The number of carbonyl (C=O) groups excluding carboxylic acids is 1. The van der Waals surface area contributed by atoms with Crippen molar-refractivity contribution in [2.45, 2.75) is 31.8 Å². The van der Waals surface area contributed by atoms with Crippen LogP contribution in [0.25, 0.3) is 0 Å². The predicted octanol–water partition coefficient (Wildman–Crippen LogP) is 3.03. The third-order valence-corrected chi connectivity index (χ3v) is 6.51. The summed E-state index contributed by atoms with van der Waals surface area (Å²) in [6.07, 6.45) is 0.210. The molecule has 2 amide bonds. The number of carbonyl (C=O) groups is 2. The van der Waals surface area contributed by atoms with E-state index in [1.807, 2.05) is 6.92 Å². The first-order valence-electron chi connectivity index (χ1n) is 10.8. The highest BCUT2D eigenvalue weighted by Gasteiger charge is 2.34. The van der Waals surface area contributed by atoms with Crippen molar-refractivity contribution >= 4 is 35.1 Å². The fraction of sp³-hybridized carbons (Fsp3) is 0.455. The molecule has 33 heavy (non-hydrogen) atoms. The number of amides is 2. The quantitative estimate of drug-likeness (QED) is 0.681. The van der Waals surface area contributed by atoms with E-state index in [0.717, 1.165) is 22.3 Å². The van der Waals surface area contributed by atoms with Crippen LogP contribution in [-0.2, 0) is 4.79 Å². The first-order valence-corrected chi connectivity index (χ1v) is 11.1. The number of hydrogen-bond acceptors (Lipinski definition) is 6. The maximum Gasteiger partial charge on any atom is 0.411 e. The number of anilines is 2. The molecular formula is C22H25ClFN5O4. The van der Waals surface area contributed by atoms with Gasteiger partial charge in [0.15, 0.2) is 0 Å². The molecule has 0 saturated carbocycles. The standard InChI is InChI=1S/C22H25ClFN5O4/c1-13-10-17(30)20-19(13)21(26-12-25-20)28-8-6-27(7-9-28)18(31)4-5-29(22(32)33)14-2-3-15(23)16(24)11-14/h2-3,11-13,17,30H,4-10H2,1H3,(H,32,33)/t13-,17+/m1/s1. The molecule has 4 rings (SSSR count). The van der Waals surface area contributed by atoms with Gasteiger partial charge >= 0.3 is 6.09 Å². The number of fused-ring (bicyclic) bond motifs is 1. The summed E-state index contributed by atoms with van der Waals surface area (Å²) >= 11 is 5.67. The van der Waals surface area contributed by atoms with Crippen LogP contribution >= 0.6 is 11.6 Å². The SMILES string of the molecule is C[C@@H]1C[C@H](O)c2ncnc(N3CCN(C(=O)CCN(C(=O)O)c4ccc(Cl)c(F)c4)CC3)c21. The molecule has 1 aromatic carbocycles. The molecule has 0 radical (unpaired) electrons. The number of hydrogen-bond donors (Lipinski definition) is 2. The minimum Gasteiger partial charge on any atom is -0.465 e. The number of aromatic nitrogens is 2. The minimum atomic E-state index is -1.27. The van der Waals surface area contributed by atoms with E-state index in [1.54, 1.807) is 4.90 Å². The highest BCUT2D eigenvalue weighted by molar-refractivity contribution is 6.30. The predicted molar refractivity (Wildman–Crippen MR) is 120 cm³/mol. The van der Waals surface area contributed by atoms with Gasteiger partial charge in [-0.2, -0.15) is 0 Å². The number of piperazine rings is 1. The monoisotopic (exact) mass is 477 g/mol. The summed E-state index contributed by atoms with van der Waals surface area (Å²) in [4.78, 5) is 37.8. The second-order valence-corrected chi connectivity index (χ2v) is 8.71. The van der Waals surface area contributed by atoms with E-state index >= 15 is 0 Å². The van der Waals surface area contributed by atoms with Crippen molar-refractivity contribution in [1.29, 1.82) is 0 Å². The van der Waals surface area contributed by atoms with Crippen molar-refractivity contribution < 1.29 is 24.2 Å². The zero-order valence-corrected chi connectivity index (χ0v) is 18.9. The Morgan fingerprint density at radius 2 is 1.97 bits per heavy atom. The van der Waals surface area contributed by atoms with Crippen molar-refractivity contribution in [3.8, 4) is 0 Å². The molecule has 1 fully saturated rings. The summed E-state index contributed by atoms with van der Waals surface area (Å²) in [5.41, 5.74) is 1.77. The molecule has 1 aliphatic heterocycles. The first kappa shape index (κ1) is 23.2. The van der Waals surface area contributed by atoms with Crippen molar-refractivity contribution in [1.82, 2.24) is 14.9 Å². The Morgan fingerprint density at radius 3 is 2.64 bits per heavy atom. The lowest BCUT2D eigenvalue weighted by Crippen LogP contribution is -2.50. The van der Waals surface area contributed by atoms with Gasteiger partial charge in [0.2, 0.25) is 5.91 Å². The second-order valence-electron chi connectivity index (χ2n) is 8.30. The van der Waals surface area contributed by atoms with Crippen LogP contribution in [0.2, 0.25) is 5.02 Å².